The first-order valence-corrected chi connectivity index (χ1v) is 5.52. The van der Waals surface area contributed by atoms with Gasteiger partial charge in [-0.1, -0.05) is 46.8 Å². The first-order chi connectivity index (χ1) is 7.23. The number of hydrogen-bond donors (Lipinski definition) is 0. The van der Waals surface area contributed by atoms with Crippen molar-refractivity contribution in [2.45, 2.75) is 46.0 Å². The Morgan fingerprint density at radius 3 is 2.19 bits per heavy atom. The molecule has 88 valence electrons. The van der Waals surface area contributed by atoms with Crippen LogP contribution in [0, 0.1) is 10.1 Å². The van der Waals surface area contributed by atoms with Gasteiger partial charge in [-0.05, 0) is 16.9 Å². The van der Waals surface area contributed by atoms with Crippen LogP contribution in [0.5, 0.6) is 0 Å². The van der Waals surface area contributed by atoms with Gasteiger partial charge in [0.15, 0.2) is 0 Å². The summed E-state index contributed by atoms with van der Waals surface area (Å²) in [7, 11) is 0. The minimum absolute atomic E-state index is 0.197. The fourth-order valence-electron chi connectivity index (χ4n) is 1.69. The zero-order chi connectivity index (χ0) is 12.5. The Morgan fingerprint density at radius 1 is 1.25 bits per heavy atom. The normalized spacial score (nSPS) is 11.9. The SMILES string of the molecule is CC(C)c1ccc(C(C)(C)C)c([N+](=O)[O-])c1. The lowest BCUT2D eigenvalue weighted by atomic mass is 9.84. The van der Waals surface area contributed by atoms with Gasteiger partial charge in [-0.3, -0.25) is 10.1 Å². The average molecular weight is 221 g/mol. The summed E-state index contributed by atoms with van der Waals surface area (Å²) in [6.45, 7) is 10.0. The number of rotatable bonds is 2. The van der Waals surface area contributed by atoms with E-state index in [9.17, 15) is 10.1 Å². The van der Waals surface area contributed by atoms with Gasteiger partial charge in [0.2, 0.25) is 0 Å². The molecule has 3 nitrogen and oxygen atoms in total. The molecule has 0 fully saturated rings. The molecule has 1 rings (SSSR count). The molecular formula is C13H19NO2. The molecular weight excluding hydrogens is 202 g/mol. The van der Waals surface area contributed by atoms with Gasteiger partial charge in [-0.15, -0.1) is 0 Å². The Hall–Kier alpha value is -1.38. The van der Waals surface area contributed by atoms with Crippen LogP contribution in [-0.2, 0) is 5.41 Å². The molecule has 0 aliphatic rings. The summed E-state index contributed by atoms with van der Waals surface area (Å²) in [5.41, 5.74) is 1.85. The molecule has 0 unspecified atom stereocenters. The molecule has 0 radical (unpaired) electrons. The summed E-state index contributed by atoms with van der Waals surface area (Å²) >= 11 is 0. The van der Waals surface area contributed by atoms with Gasteiger partial charge in [0, 0.05) is 11.6 Å². The second kappa shape index (κ2) is 4.24. The summed E-state index contributed by atoms with van der Waals surface area (Å²) in [5.74, 6) is 0.313. The molecule has 0 saturated carbocycles. The summed E-state index contributed by atoms with van der Waals surface area (Å²) < 4.78 is 0. The molecule has 1 aromatic carbocycles. The average Bonchev–Trinajstić information content (AvgIpc) is 2.15. The standard InChI is InChI=1S/C13H19NO2/c1-9(2)10-6-7-11(13(3,4)5)12(8-10)14(15)16/h6-9H,1-5H3. The lowest BCUT2D eigenvalue weighted by Crippen LogP contribution is -2.14. The molecule has 3 heteroatoms. The van der Waals surface area contributed by atoms with Crippen LogP contribution in [0.25, 0.3) is 0 Å². The summed E-state index contributed by atoms with van der Waals surface area (Å²) in [4.78, 5) is 10.8. The molecule has 0 aliphatic heterocycles. The summed E-state index contributed by atoms with van der Waals surface area (Å²) in [5, 5.41) is 11.0. The number of nitro benzene ring substituents is 1. The Morgan fingerprint density at radius 2 is 1.81 bits per heavy atom. The van der Waals surface area contributed by atoms with E-state index in [0.717, 1.165) is 11.1 Å². The topological polar surface area (TPSA) is 43.1 Å². The van der Waals surface area contributed by atoms with E-state index in [0.29, 0.717) is 5.92 Å². The van der Waals surface area contributed by atoms with Crippen LogP contribution in [0.3, 0.4) is 0 Å². The van der Waals surface area contributed by atoms with Crippen molar-refractivity contribution < 1.29 is 4.92 Å². The number of nitro groups is 1. The first-order valence-electron chi connectivity index (χ1n) is 5.52. The second-order valence-electron chi connectivity index (χ2n) is 5.44. The highest BCUT2D eigenvalue weighted by Crippen LogP contribution is 2.33. The Balaban J connectivity index is 3.37. The van der Waals surface area contributed by atoms with Crippen molar-refractivity contribution in [2.24, 2.45) is 0 Å². The molecule has 16 heavy (non-hydrogen) atoms. The zero-order valence-corrected chi connectivity index (χ0v) is 10.6. The molecule has 0 spiro atoms. The van der Waals surface area contributed by atoms with Gasteiger partial charge in [-0.25, -0.2) is 0 Å². The van der Waals surface area contributed by atoms with E-state index in [1.165, 1.54) is 0 Å². The number of nitrogens with zero attached hydrogens (tertiary/aromatic N) is 1. The molecule has 0 N–H and O–H groups in total. The summed E-state index contributed by atoms with van der Waals surface area (Å²) in [6.07, 6.45) is 0. The third-order valence-electron chi connectivity index (χ3n) is 2.69. The van der Waals surface area contributed by atoms with Crippen molar-refractivity contribution in [1.82, 2.24) is 0 Å². The lowest BCUT2D eigenvalue weighted by molar-refractivity contribution is -0.386. The predicted octanol–water partition coefficient (Wildman–Crippen LogP) is 4.02. The molecule has 0 heterocycles. The third-order valence-corrected chi connectivity index (χ3v) is 2.69. The van der Waals surface area contributed by atoms with Gasteiger partial charge in [-0.2, -0.15) is 0 Å². The predicted molar refractivity (Wildman–Crippen MR) is 65.9 cm³/mol. The van der Waals surface area contributed by atoms with Crippen molar-refractivity contribution in [3.8, 4) is 0 Å². The van der Waals surface area contributed by atoms with Gasteiger partial charge in [0.1, 0.15) is 0 Å². The molecule has 0 aromatic heterocycles. The van der Waals surface area contributed by atoms with Crippen molar-refractivity contribution in [1.29, 1.82) is 0 Å². The van der Waals surface area contributed by atoms with Gasteiger partial charge < -0.3 is 0 Å². The van der Waals surface area contributed by atoms with Gasteiger partial charge >= 0.3 is 0 Å². The van der Waals surface area contributed by atoms with Crippen LogP contribution in [0.15, 0.2) is 18.2 Å². The van der Waals surface area contributed by atoms with Crippen molar-refractivity contribution in [2.75, 3.05) is 0 Å². The van der Waals surface area contributed by atoms with Crippen LogP contribution in [0.2, 0.25) is 0 Å². The molecule has 0 amide bonds. The molecule has 0 saturated heterocycles. The number of benzene rings is 1. The highest BCUT2D eigenvalue weighted by Gasteiger charge is 2.25. The molecule has 0 atom stereocenters. The maximum absolute atomic E-state index is 11.0. The Bertz CT molecular complexity index is 403. The molecule has 1 aromatic rings. The lowest BCUT2D eigenvalue weighted by Gasteiger charge is -2.19. The maximum atomic E-state index is 11.0. The first kappa shape index (κ1) is 12.7. The van der Waals surface area contributed by atoms with E-state index in [-0.39, 0.29) is 16.0 Å². The fourth-order valence-corrected chi connectivity index (χ4v) is 1.69. The van der Waals surface area contributed by atoms with Crippen LogP contribution in [0.1, 0.15) is 51.7 Å². The monoisotopic (exact) mass is 221 g/mol. The Kier molecular flexibility index (Phi) is 3.36. The minimum Gasteiger partial charge on any atom is -0.258 e. The van der Waals surface area contributed by atoms with E-state index in [1.807, 2.05) is 46.8 Å². The fraction of sp³-hybridized carbons (Fsp3) is 0.538. The van der Waals surface area contributed by atoms with E-state index < -0.39 is 0 Å². The van der Waals surface area contributed by atoms with Crippen LogP contribution >= 0.6 is 0 Å². The Labute approximate surface area is 96.6 Å². The minimum atomic E-state index is -0.285. The largest absolute Gasteiger partial charge is 0.273 e. The summed E-state index contributed by atoms with van der Waals surface area (Å²) in [6, 6.07) is 5.57. The van der Waals surface area contributed by atoms with Crippen LogP contribution in [-0.4, -0.2) is 4.92 Å². The molecule has 0 aliphatic carbocycles. The quantitative estimate of drug-likeness (QED) is 0.559. The van der Waals surface area contributed by atoms with E-state index >= 15 is 0 Å². The van der Waals surface area contributed by atoms with E-state index in [1.54, 1.807) is 6.07 Å². The van der Waals surface area contributed by atoms with E-state index in [2.05, 4.69) is 0 Å². The van der Waals surface area contributed by atoms with Crippen molar-refractivity contribution in [3.05, 3.63) is 39.4 Å². The number of hydrogen-bond acceptors (Lipinski definition) is 2. The smallest absolute Gasteiger partial charge is 0.258 e. The van der Waals surface area contributed by atoms with E-state index in [4.69, 9.17) is 0 Å². The van der Waals surface area contributed by atoms with Crippen molar-refractivity contribution in [3.63, 3.8) is 0 Å². The van der Waals surface area contributed by atoms with Crippen LogP contribution < -0.4 is 0 Å². The second-order valence-corrected chi connectivity index (χ2v) is 5.44. The van der Waals surface area contributed by atoms with Gasteiger partial charge in [0.05, 0.1) is 4.92 Å². The highest BCUT2D eigenvalue weighted by molar-refractivity contribution is 5.47. The zero-order valence-electron chi connectivity index (χ0n) is 10.6. The van der Waals surface area contributed by atoms with Crippen LogP contribution in [0.4, 0.5) is 5.69 Å². The highest BCUT2D eigenvalue weighted by atomic mass is 16.6. The molecule has 0 bridgehead atoms. The maximum Gasteiger partial charge on any atom is 0.273 e. The van der Waals surface area contributed by atoms with Gasteiger partial charge in [0.25, 0.3) is 5.69 Å². The third kappa shape index (κ3) is 2.60. The van der Waals surface area contributed by atoms with Crippen molar-refractivity contribution >= 4 is 5.69 Å².